The molecule has 0 aromatic heterocycles. The minimum atomic E-state index is -4.47. The maximum absolute atomic E-state index is 11.9. The molecule has 0 bridgehead atoms. The number of rotatable bonds is 38. The molecule has 0 atom stereocenters. The van der Waals surface area contributed by atoms with Crippen molar-refractivity contribution in [2.45, 2.75) is 269 Å². The molecule has 0 spiro atoms. The van der Waals surface area contributed by atoms with Gasteiger partial charge >= 0.3 is 48.9 Å². The van der Waals surface area contributed by atoms with E-state index in [4.69, 9.17) is 0 Å². The summed E-state index contributed by atoms with van der Waals surface area (Å²) in [5, 5.41) is 4.15. The summed E-state index contributed by atoms with van der Waals surface area (Å²) in [7, 11) is -8.94. The predicted octanol–water partition coefficient (Wildman–Crippen LogP) is 17.8. The molecular formula is C60H94BaO6S2. The van der Waals surface area contributed by atoms with Gasteiger partial charge in [-0.25, -0.2) is 16.8 Å². The van der Waals surface area contributed by atoms with Crippen LogP contribution in [0.4, 0.5) is 0 Å². The molecule has 0 saturated heterocycles. The Morgan fingerprint density at radius 2 is 0.536 bits per heavy atom. The molecule has 0 aliphatic heterocycles. The largest absolute Gasteiger partial charge is 2.00 e. The Bertz CT molecular complexity index is 2030. The molecule has 69 heavy (non-hydrogen) atoms. The zero-order chi connectivity index (χ0) is 49.3. The van der Waals surface area contributed by atoms with Crippen LogP contribution in [0.3, 0.4) is 0 Å². The van der Waals surface area contributed by atoms with Crippen molar-refractivity contribution in [3.8, 4) is 0 Å². The SMILES string of the molecule is CCCCCCCCCCc1cc(S(=O)(=O)[O-])cc2c(CCCCCCCCCC)cccc12.CCCCCCCCCCc1cc(S(=O)(=O)[O-])cc2c(CCCCCCCCCC)cccc12.[Ba+2]. The molecule has 0 amide bonds. The number of hydrogen-bond donors (Lipinski definition) is 0. The zero-order valence-electron chi connectivity index (χ0n) is 44.2. The zero-order valence-corrected chi connectivity index (χ0v) is 50.3. The smallest absolute Gasteiger partial charge is 0.744 e. The van der Waals surface area contributed by atoms with E-state index >= 15 is 0 Å². The van der Waals surface area contributed by atoms with Crippen LogP contribution >= 0.6 is 0 Å². The van der Waals surface area contributed by atoms with Gasteiger partial charge in [-0.2, -0.15) is 0 Å². The van der Waals surface area contributed by atoms with Crippen molar-refractivity contribution >= 4 is 90.7 Å². The van der Waals surface area contributed by atoms with Crippen molar-refractivity contribution in [3.63, 3.8) is 0 Å². The van der Waals surface area contributed by atoms with Gasteiger partial charge in [0.25, 0.3) is 0 Å². The Labute approximate surface area is 463 Å². The normalized spacial score (nSPS) is 11.8. The summed E-state index contributed by atoms with van der Waals surface area (Å²) in [4.78, 5) is -0.143. The fourth-order valence-corrected chi connectivity index (χ4v) is 11.0. The Kier molecular flexibility index (Phi) is 35.5. The molecule has 0 saturated carbocycles. The first-order chi connectivity index (χ1) is 32.9. The van der Waals surface area contributed by atoms with Crippen LogP contribution in [-0.4, -0.2) is 74.8 Å². The third-order valence-corrected chi connectivity index (χ3v) is 15.7. The fraction of sp³-hybridized carbons (Fsp3) is 0.667. The van der Waals surface area contributed by atoms with Gasteiger partial charge in [-0.3, -0.25) is 0 Å². The number of unbranched alkanes of at least 4 members (excludes halogenated alkanes) is 28. The van der Waals surface area contributed by atoms with Crippen molar-refractivity contribution in [3.05, 3.63) is 82.9 Å². The Morgan fingerprint density at radius 3 is 0.783 bits per heavy atom. The monoisotopic (exact) mass is 1110 g/mol. The van der Waals surface area contributed by atoms with E-state index in [0.29, 0.717) is 0 Å². The third kappa shape index (κ3) is 26.5. The maximum Gasteiger partial charge on any atom is 2.00 e. The topological polar surface area (TPSA) is 114 Å². The van der Waals surface area contributed by atoms with E-state index in [-0.39, 0.29) is 58.7 Å². The summed E-state index contributed by atoms with van der Waals surface area (Å²) >= 11 is 0. The van der Waals surface area contributed by atoms with E-state index in [9.17, 15) is 25.9 Å². The van der Waals surface area contributed by atoms with Gasteiger partial charge in [-0.05, 0) is 119 Å². The van der Waals surface area contributed by atoms with Crippen LogP contribution in [0, 0.1) is 0 Å². The summed E-state index contributed by atoms with van der Waals surface area (Å²) in [5.41, 5.74) is 4.36. The fourth-order valence-electron chi connectivity index (χ4n) is 9.93. The number of fused-ring (bicyclic) bond motifs is 2. The van der Waals surface area contributed by atoms with Crippen LogP contribution in [0.5, 0.6) is 0 Å². The first-order valence-electron chi connectivity index (χ1n) is 27.9. The molecule has 0 unspecified atom stereocenters. The first-order valence-corrected chi connectivity index (χ1v) is 30.8. The van der Waals surface area contributed by atoms with Gasteiger partial charge in [-0.1, -0.05) is 244 Å². The molecule has 0 aliphatic carbocycles. The van der Waals surface area contributed by atoms with Crippen LogP contribution in [0.15, 0.2) is 70.5 Å². The van der Waals surface area contributed by atoms with E-state index in [1.54, 1.807) is 24.3 Å². The summed E-state index contributed by atoms with van der Waals surface area (Å²) in [6.07, 6.45) is 43.7. The van der Waals surface area contributed by atoms with Crippen molar-refractivity contribution in [1.29, 1.82) is 0 Å². The average Bonchev–Trinajstić information content (AvgIpc) is 3.32. The van der Waals surface area contributed by atoms with Gasteiger partial charge in [0, 0.05) is 0 Å². The Morgan fingerprint density at radius 1 is 0.304 bits per heavy atom. The summed E-state index contributed by atoms with van der Waals surface area (Å²) < 4.78 is 71.4. The van der Waals surface area contributed by atoms with Crippen LogP contribution in [0.2, 0.25) is 0 Å². The quantitative estimate of drug-likeness (QED) is 0.0251. The van der Waals surface area contributed by atoms with E-state index < -0.39 is 20.2 Å². The number of aryl methyl sites for hydroxylation is 4. The van der Waals surface area contributed by atoms with Crippen molar-refractivity contribution in [2.75, 3.05) is 0 Å². The Balaban J connectivity index is 0.000000467. The van der Waals surface area contributed by atoms with E-state index in [0.717, 1.165) is 96.9 Å². The average molecular weight is 1110 g/mol. The molecule has 9 heteroatoms. The third-order valence-electron chi connectivity index (χ3n) is 14.1. The van der Waals surface area contributed by atoms with Crippen LogP contribution in [0.1, 0.15) is 255 Å². The molecule has 0 radical (unpaired) electrons. The number of hydrogen-bond acceptors (Lipinski definition) is 6. The predicted molar refractivity (Wildman–Crippen MR) is 295 cm³/mol. The molecule has 0 fully saturated rings. The summed E-state index contributed by atoms with van der Waals surface area (Å²) in [6.45, 7) is 8.96. The van der Waals surface area contributed by atoms with E-state index in [2.05, 4.69) is 64.1 Å². The molecule has 4 aromatic carbocycles. The van der Waals surface area contributed by atoms with Gasteiger partial charge in [0.05, 0.1) is 9.79 Å². The van der Waals surface area contributed by atoms with Crippen LogP contribution < -0.4 is 0 Å². The van der Waals surface area contributed by atoms with Crippen molar-refractivity contribution in [1.82, 2.24) is 0 Å². The summed E-state index contributed by atoms with van der Waals surface area (Å²) in [6, 6.07) is 19.1. The van der Waals surface area contributed by atoms with E-state index in [1.807, 2.05) is 0 Å². The summed E-state index contributed by atoms with van der Waals surface area (Å²) in [5.74, 6) is 0. The van der Waals surface area contributed by atoms with Crippen LogP contribution in [0.25, 0.3) is 21.5 Å². The van der Waals surface area contributed by atoms with Gasteiger partial charge in [-0.15, -0.1) is 0 Å². The second-order valence-electron chi connectivity index (χ2n) is 20.0. The Hall–Kier alpha value is -1.21. The minimum absolute atomic E-state index is 0. The van der Waals surface area contributed by atoms with Gasteiger partial charge in [0.1, 0.15) is 20.2 Å². The second-order valence-corrected chi connectivity index (χ2v) is 22.8. The first kappa shape index (κ1) is 63.9. The standard InChI is InChI=1S/2C30H48O3S.Ba/c2*1-3-5-7-9-11-13-15-17-20-26-22-19-23-29-27(21-18-16-14-12-10-8-6-4-2)24-28(25-30(26)29)34(31,32)33;/h2*19,22-25H,3-18,20-21H2,1-2H3,(H,31,32,33);/q;;+2/p-2. The second kappa shape index (κ2) is 38.4. The molecule has 6 nitrogen and oxygen atoms in total. The van der Waals surface area contributed by atoms with Crippen LogP contribution in [-0.2, 0) is 45.9 Å². The van der Waals surface area contributed by atoms with Gasteiger partial charge in [0.2, 0.25) is 0 Å². The molecular weight excluding hydrogens is 1020 g/mol. The molecule has 4 aromatic rings. The van der Waals surface area contributed by atoms with Gasteiger partial charge in [0.15, 0.2) is 0 Å². The van der Waals surface area contributed by atoms with Gasteiger partial charge < -0.3 is 9.11 Å². The van der Waals surface area contributed by atoms with Crippen molar-refractivity contribution in [2.24, 2.45) is 0 Å². The molecule has 0 aliphatic rings. The molecule has 384 valence electrons. The minimum Gasteiger partial charge on any atom is -0.744 e. The number of benzene rings is 4. The van der Waals surface area contributed by atoms with E-state index in [1.165, 1.54) is 178 Å². The van der Waals surface area contributed by atoms with Crippen molar-refractivity contribution < 1.29 is 25.9 Å². The molecule has 4 rings (SSSR count). The molecule has 0 heterocycles. The molecule has 0 N–H and O–H groups in total. The maximum atomic E-state index is 11.9.